The molecular weight excluding hydrogens is 449 g/mol. The summed E-state index contributed by atoms with van der Waals surface area (Å²) in [6.45, 7) is 1.21. The average Bonchev–Trinajstić information content (AvgIpc) is 2.75. The molecular formula is C20H21Cl2N3O6. The number of benzene rings is 2. The number of nitrogens with one attached hydrogen (secondary N) is 1. The average molecular weight is 470 g/mol. The van der Waals surface area contributed by atoms with Crippen molar-refractivity contribution in [3.63, 3.8) is 0 Å². The summed E-state index contributed by atoms with van der Waals surface area (Å²) in [5.74, 6) is -0.0775. The minimum atomic E-state index is -1.48. The van der Waals surface area contributed by atoms with Crippen molar-refractivity contribution in [2.75, 3.05) is 33.8 Å². The number of hydrogen-bond donors (Lipinski definition) is 1. The number of anilines is 1. The third-order valence-corrected chi connectivity index (χ3v) is 4.71. The lowest BCUT2D eigenvalue weighted by atomic mass is 10.2. The van der Waals surface area contributed by atoms with Crippen LogP contribution in [-0.4, -0.2) is 46.2 Å². The summed E-state index contributed by atoms with van der Waals surface area (Å²) in [5.41, 5.74) is 0.274. The van der Waals surface area contributed by atoms with Gasteiger partial charge in [-0.05, 0) is 19.1 Å². The standard InChI is InChI=1S/C20H21Cl2N3O6/c1-10(26)16(24-25-17-13(22)8-11(28-2)9-15(17)30-4)20(27)23-18-12(21)6-7-14(29-3)19(18)31-5/h6-9,16H,1-5H3,(H,23,27). The minimum Gasteiger partial charge on any atom is -0.497 e. The molecule has 1 atom stereocenters. The molecule has 166 valence electrons. The van der Waals surface area contributed by atoms with Crippen LogP contribution in [0.3, 0.4) is 0 Å². The van der Waals surface area contributed by atoms with E-state index in [1.165, 1.54) is 47.5 Å². The number of halogens is 2. The molecule has 0 radical (unpaired) electrons. The third-order valence-electron chi connectivity index (χ3n) is 4.11. The highest BCUT2D eigenvalue weighted by atomic mass is 35.5. The van der Waals surface area contributed by atoms with Gasteiger partial charge in [-0.2, -0.15) is 5.11 Å². The van der Waals surface area contributed by atoms with Crippen LogP contribution in [0.1, 0.15) is 6.92 Å². The zero-order chi connectivity index (χ0) is 23.1. The Morgan fingerprint density at radius 1 is 0.935 bits per heavy atom. The first-order chi connectivity index (χ1) is 14.8. The fourth-order valence-corrected chi connectivity index (χ4v) is 3.00. The number of rotatable bonds is 9. The number of methoxy groups -OCH3 is 4. The highest BCUT2D eigenvalue weighted by Crippen LogP contribution is 2.41. The lowest BCUT2D eigenvalue weighted by Crippen LogP contribution is -2.32. The minimum absolute atomic E-state index is 0.134. The first kappa shape index (κ1) is 24.2. The summed E-state index contributed by atoms with van der Waals surface area (Å²) in [7, 11) is 5.72. The lowest BCUT2D eigenvalue weighted by Gasteiger charge is -2.16. The molecule has 0 aliphatic rings. The quantitative estimate of drug-likeness (QED) is 0.420. The number of hydrogen-bond acceptors (Lipinski definition) is 8. The van der Waals surface area contributed by atoms with Crippen molar-refractivity contribution in [3.05, 3.63) is 34.3 Å². The number of carbonyl (C=O) groups excluding carboxylic acids is 2. The summed E-state index contributed by atoms with van der Waals surface area (Å²) in [6, 6.07) is 4.67. The van der Waals surface area contributed by atoms with Crippen molar-refractivity contribution in [2.24, 2.45) is 10.2 Å². The van der Waals surface area contributed by atoms with Crippen molar-refractivity contribution in [1.29, 1.82) is 0 Å². The first-order valence-electron chi connectivity index (χ1n) is 8.81. The number of carbonyl (C=O) groups is 2. The van der Waals surface area contributed by atoms with Gasteiger partial charge in [-0.25, -0.2) is 0 Å². The van der Waals surface area contributed by atoms with Gasteiger partial charge < -0.3 is 24.3 Å². The van der Waals surface area contributed by atoms with Crippen molar-refractivity contribution in [3.8, 4) is 23.0 Å². The molecule has 0 aromatic heterocycles. The van der Waals surface area contributed by atoms with Gasteiger partial charge >= 0.3 is 0 Å². The Bertz CT molecular complexity index is 1010. The molecule has 2 rings (SSSR count). The van der Waals surface area contributed by atoms with E-state index >= 15 is 0 Å². The Morgan fingerprint density at radius 2 is 1.61 bits per heavy atom. The van der Waals surface area contributed by atoms with Gasteiger partial charge in [-0.3, -0.25) is 9.59 Å². The van der Waals surface area contributed by atoms with Gasteiger partial charge in [0.25, 0.3) is 5.91 Å². The van der Waals surface area contributed by atoms with Crippen molar-refractivity contribution in [2.45, 2.75) is 13.0 Å². The van der Waals surface area contributed by atoms with E-state index in [9.17, 15) is 9.59 Å². The van der Waals surface area contributed by atoms with Crippen LogP contribution >= 0.6 is 23.2 Å². The van der Waals surface area contributed by atoms with E-state index in [1.807, 2.05) is 0 Å². The maximum atomic E-state index is 12.8. The Hall–Kier alpha value is -3.04. The molecule has 0 heterocycles. The van der Waals surface area contributed by atoms with Crippen LogP contribution in [0.4, 0.5) is 11.4 Å². The maximum absolute atomic E-state index is 12.8. The molecule has 1 amide bonds. The lowest BCUT2D eigenvalue weighted by molar-refractivity contribution is -0.126. The predicted molar refractivity (Wildman–Crippen MR) is 117 cm³/mol. The second-order valence-electron chi connectivity index (χ2n) is 6.04. The fourth-order valence-electron chi connectivity index (χ4n) is 2.57. The second kappa shape index (κ2) is 10.8. The summed E-state index contributed by atoms with van der Waals surface area (Å²) < 4.78 is 20.8. The van der Waals surface area contributed by atoms with Gasteiger partial charge in [0, 0.05) is 12.1 Å². The van der Waals surface area contributed by atoms with Crippen LogP contribution < -0.4 is 24.3 Å². The second-order valence-corrected chi connectivity index (χ2v) is 6.85. The summed E-state index contributed by atoms with van der Waals surface area (Å²) in [6.07, 6.45) is 0. The Labute approximate surface area is 189 Å². The summed E-state index contributed by atoms with van der Waals surface area (Å²) >= 11 is 12.4. The summed E-state index contributed by atoms with van der Waals surface area (Å²) in [5, 5.41) is 10.8. The van der Waals surface area contributed by atoms with Gasteiger partial charge in [0.05, 0.1) is 38.5 Å². The number of amides is 1. The van der Waals surface area contributed by atoms with E-state index in [4.69, 9.17) is 42.1 Å². The monoisotopic (exact) mass is 469 g/mol. The largest absolute Gasteiger partial charge is 0.497 e. The van der Waals surface area contributed by atoms with Gasteiger partial charge in [-0.1, -0.05) is 23.2 Å². The Morgan fingerprint density at radius 3 is 2.16 bits per heavy atom. The topological polar surface area (TPSA) is 108 Å². The smallest absolute Gasteiger partial charge is 0.258 e. The molecule has 1 unspecified atom stereocenters. The molecule has 0 fully saturated rings. The number of Topliss-reactive ketones (excluding diaryl/α,β-unsaturated/α-hetero) is 1. The number of nitrogens with zero attached hydrogens (tertiary/aromatic N) is 2. The molecule has 0 spiro atoms. The molecule has 2 aromatic carbocycles. The molecule has 1 N–H and O–H groups in total. The number of azo groups is 1. The van der Waals surface area contributed by atoms with Crippen LogP contribution in [0.25, 0.3) is 0 Å². The van der Waals surface area contributed by atoms with Crippen LogP contribution in [0.15, 0.2) is 34.5 Å². The fraction of sp³-hybridized carbons (Fsp3) is 0.300. The molecule has 0 saturated carbocycles. The van der Waals surface area contributed by atoms with E-state index in [1.54, 1.807) is 12.1 Å². The van der Waals surface area contributed by atoms with E-state index < -0.39 is 17.7 Å². The SMILES string of the molecule is COc1cc(Cl)c(N=NC(C(C)=O)C(=O)Nc2c(Cl)ccc(OC)c2OC)c(OC)c1. The zero-order valence-corrected chi connectivity index (χ0v) is 19.0. The van der Waals surface area contributed by atoms with Gasteiger partial charge in [-0.15, -0.1) is 5.11 Å². The highest BCUT2D eigenvalue weighted by molar-refractivity contribution is 6.34. The molecule has 0 saturated heterocycles. The maximum Gasteiger partial charge on any atom is 0.258 e. The number of ether oxygens (including phenoxy) is 4. The highest BCUT2D eigenvalue weighted by Gasteiger charge is 2.26. The van der Waals surface area contributed by atoms with Crippen LogP contribution in [0.2, 0.25) is 10.0 Å². The molecule has 0 aliphatic carbocycles. The molecule has 0 aliphatic heterocycles. The molecule has 11 heteroatoms. The first-order valence-corrected chi connectivity index (χ1v) is 9.57. The molecule has 9 nitrogen and oxygen atoms in total. The van der Waals surface area contributed by atoms with Gasteiger partial charge in [0.1, 0.15) is 17.1 Å². The van der Waals surface area contributed by atoms with E-state index in [0.29, 0.717) is 11.5 Å². The van der Waals surface area contributed by atoms with Crippen molar-refractivity contribution >= 4 is 46.3 Å². The van der Waals surface area contributed by atoms with Gasteiger partial charge in [0.2, 0.25) is 6.04 Å². The van der Waals surface area contributed by atoms with Crippen molar-refractivity contribution < 1.29 is 28.5 Å². The molecule has 31 heavy (non-hydrogen) atoms. The van der Waals surface area contributed by atoms with Crippen LogP contribution in [0.5, 0.6) is 23.0 Å². The van der Waals surface area contributed by atoms with Crippen LogP contribution in [0, 0.1) is 0 Å². The van der Waals surface area contributed by atoms with E-state index in [-0.39, 0.29) is 32.9 Å². The Balaban J connectivity index is 2.39. The number of ketones is 1. The van der Waals surface area contributed by atoms with E-state index in [0.717, 1.165) is 0 Å². The molecule has 0 bridgehead atoms. The zero-order valence-electron chi connectivity index (χ0n) is 17.5. The van der Waals surface area contributed by atoms with Gasteiger partial charge in [0.15, 0.2) is 23.0 Å². The van der Waals surface area contributed by atoms with Crippen LogP contribution in [-0.2, 0) is 9.59 Å². The Kier molecular flexibility index (Phi) is 8.47. The summed E-state index contributed by atoms with van der Waals surface area (Å²) in [4.78, 5) is 24.9. The van der Waals surface area contributed by atoms with E-state index in [2.05, 4.69) is 15.5 Å². The molecule has 2 aromatic rings. The normalized spacial score (nSPS) is 11.7. The van der Waals surface area contributed by atoms with Crippen molar-refractivity contribution in [1.82, 2.24) is 0 Å². The third kappa shape index (κ3) is 5.56. The predicted octanol–water partition coefficient (Wildman–Crippen LogP) is 4.71.